The average molecular weight is 442 g/mol. The minimum atomic E-state index is -3.91. The van der Waals surface area contributed by atoms with Crippen LogP contribution in [0.15, 0.2) is 57.8 Å². The van der Waals surface area contributed by atoms with Crippen LogP contribution >= 0.6 is 0 Å². The van der Waals surface area contributed by atoms with Crippen LogP contribution in [-0.2, 0) is 10.0 Å². The van der Waals surface area contributed by atoms with Gasteiger partial charge in [-0.2, -0.15) is 0 Å². The number of carbonyl (C=O) groups excluding carboxylic acids is 2. The molecule has 0 atom stereocenters. The number of anilines is 1. The molecule has 1 aromatic heterocycles. The van der Waals surface area contributed by atoms with Crippen molar-refractivity contribution >= 4 is 27.5 Å². The van der Waals surface area contributed by atoms with Gasteiger partial charge in [0.2, 0.25) is 0 Å². The van der Waals surface area contributed by atoms with Gasteiger partial charge in [-0.15, -0.1) is 0 Å². The topological polar surface area (TPSA) is 118 Å². The number of amides is 2. The summed E-state index contributed by atoms with van der Waals surface area (Å²) in [5.41, 5.74) is 7.01. The van der Waals surface area contributed by atoms with E-state index in [1.165, 1.54) is 18.2 Å². The SMILES string of the molecule is Cc1ccc(NS(=O)(=O)c2ccc(C)c(C(=O)NNC(=O)c3cc(C)oc3C)c2)cc1. The molecule has 0 aliphatic rings. The van der Waals surface area contributed by atoms with Crippen LogP contribution in [0.5, 0.6) is 0 Å². The first kappa shape index (κ1) is 22.1. The van der Waals surface area contributed by atoms with Crippen molar-refractivity contribution in [2.75, 3.05) is 4.72 Å². The molecular weight excluding hydrogens is 418 g/mol. The van der Waals surface area contributed by atoms with Crippen LogP contribution in [0.1, 0.15) is 43.4 Å². The number of aryl methyl sites for hydroxylation is 4. The summed E-state index contributed by atoms with van der Waals surface area (Å²) in [6.45, 7) is 6.92. The monoisotopic (exact) mass is 441 g/mol. The standard InChI is InChI=1S/C22H23N3O5S/c1-13-5-8-17(9-6-13)25-31(28,29)18-10-7-14(2)19(12-18)21(26)23-24-22(27)20-11-15(3)30-16(20)4/h5-12,25H,1-4H3,(H,23,26)(H,24,27). The summed E-state index contributed by atoms with van der Waals surface area (Å²) in [6.07, 6.45) is 0. The minimum absolute atomic E-state index is 0.0727. The molecule has 2 aromatic carbocycles. The highest BCUT2D eigenvalue weighted by atomic mass is 32.2. The Balaban J connectivity index is 1.76. The normalized spacial score (nSPS) is 11.1. The number of hydrogen-bond acceptors (Lipinski definition) is 5. The lowest BCUT2D eigenvalue weighted by Gasteiger charge is -2.12. The number of sulfonamides is 1. The van der Waals surface area contributed by atoms with Gasteiger partial charge in [-0.3, -0.25) is 25.2 Å². The summed E-state index contributed by atoms with van der Waals surface area (Å²) >= 11 is 0. The lowest BCUT2D eigenvalue weighted by molar-refractivity contribution is 0.0845. The van der Waals surface area contributed by atoms with Crippen molar-refractivity contribution in [3.63, 3.8) is 0 Å². The van der Waals surface area contributed by atoms with Gasteiger partial charge in [0.15, 0.2) is 0 Å². The highest BCUT2D eigenvalue weighted by Crippen LogP contribution is 2.20. The molecule has 3 rings (SSSR count). The summed E-state index contributed by atoms with van der Waals surface area (Å²) < 4.78 is 33.3. The molecule has 0 bridgehead atoms. The van der Waals surface area contributed by atoms with Gasteiger partial charge in [0.05, 0.1) is 10.5 Å². The van der Waals surface area contributed by atoms with E-state index in [1.54, 1.807) is 51.1 Å². The molecule has 1 heterocycles. The van der Waals surface area contributed by atoms with Crippen molar-refractivity contribution in [3.05, 3.63) is 82.3 Å². The van der Waals surface area contributed by atoms with E-state index >= 15 is 0 Å². The smallest absolute Gasteiger partial charge is 0.273 e. The largest absolute Gasteiger partial charge is 0.466 e. The van der Waals surface area contributed by atoms with Gasteiger partial charge in [0.25, 0.3) is 21.8 Å². The van der Waals surface area contributed by atoms with Crippen LogP contribution in [0.2, 0.25) is 0 Å². The fraction of sp³-hybridized carbons (Fsp3) is 0.182. The van der Waals surface area contributed by atoms with E-state index in [-0.39, 0.29) is 10.5 Å². The molecule has 0 radical (unpaired) electrons. The summed E-state index contributed by atoms with van der Waals surface area (Å²) in [5.74, 6) is -0.180. The molecular formula is C22H23N3O5S. The predicted octanol–water partition coefficient (Wildman–Crippen LogP) is 3.39. The average Bonchev–Trinajstić information content (AvgIpc) is 3.05. The highest BCUT2D eigenvalue weighted by molar-refractivity contribution is 7.92. The second kappa shape index (κ2) is 8.65. The zero-order valence-corrected chi connectivity index (χ0v) is 18.4. The third-order valence-corrected chi connectivity index (χ3v) is 6.02. The predicted molar refractivity (Wildman–Crippen MR) is 116 cm³/mol. The molecule has 0 fully saturated rings. The van der Waals surface area contributed by atoms with E-state index in [1.807, 2.05) is 6.92 Å². The number of rotatable bonds is 5. The molecule has 0 unspecified atom stereocenters. The molecule has 0 saturated carbocycles. The fourth-order valence-corrected chi connectivity index (χ4v) is 4.04. The van der Waals surface area contributed by atoms with E-state index in [9.17, 15) is 18.0 Å². The first-order valence-corrected chi connectivity index (χ1v) is 10.9. The Bertz CT molecular complexity index is 1240. The maximum Gasteiger partial charge on any atom is 0.273 e. The van der Waals surface area contributed by atoms with E-state index in [0.717, 1.165) is 5.56 Å². The zero-order chi connectivity index (χ0) is 22.8. The van der Waals surface area contributed by atoms with E-state index in [4.69, 9.17) is 4.42 Å². The van der Waals surface area contributed by atoms with Crippen LogP contribution < -0.4 is 15.6 Å². The van der Waals surface area contributed by atoms with Crippen LogP contribution in [0, 0.1) is 27.7 Å². The van der Waals surface area contributed by atoms with Crippen molar-refractivity contribution in [2.45, 2.75) is 32.6 Å². The number of nitrogens with one attached hydrogen (secondary N) is 3. The molecule has 162 valence electrons. The van der Waals surface area contributed by atoms with Gasteiger partial charge in [-0.05, 0) is 63.6 Å². The van der Waals surface area contributed by atoms with E-state index < -0.39 is 21.8 Å². The van der Waals surface area contributed by atoms with Crippen molar-refractivity contribution in [2.24, 2.45) is 0 Å². The van der Waals surface area contributed by atoms with Crippen LogP contribution in [0.3, 0.4) is 0 Å². The minimum Gasteiger partial charge on any atom is -0.466 e. The zero-order valence-electron chi connectivity index (χ0n) is 17.6. The number of benzene rings is 2. The maximum atomic E-state index is 12.7. The Hall–Kier alpha value is -3.59. The second-order valence-corrected chi connectivity index (χ2v) is 8.87. The molecule has 0 aliphatic heterocycles. The van der Waals surface area contributed by atoms with Gasteiger partial charge in [-0.1, -0.05) is 23.8 Å². The Kier molecular flexibility index (Phi) is 6.16. The lowest BCUT2D eigenvalue weighted by atomic mass is 10.1. The molecule has 0 spiro atoms. The summed E-state index contributed by atoms with van der Waals surface area (Å²) in [4.78, 5) is 24.8. The highest BCUT2D eigenvalue weighted by Gasteiger charge is 2.19. The maximum absolute atomic E-state index is 12.7. The van der Waals surface area contributed by atoms with Gasteiger partial charge in [0, 0.05) is 11.3 Å². The van der Waals surface area contributed by atoms with Gasteiger partial charge in [-0.25, -0.2) is 8.42 Å². The first-order chi connectivity index (χ1) is 14.6. The van der Waals surface area contributed by atoms with Gasteiger partial charge < -0.3 is 4.42 Å². The number of carbonyl (C=O) groups is 2. The van der Waals surface area contributed by atoms with Crippen molar-refractivity contribution < 1.29 is 22.4 Å². The second-order valence-electron chi connectivity index (χ2n) is 7.18. The van der Waals surface area contributed by atoms with Crippen LogP contribution in [0.4, 0.5) is 5.69 Å². The van der Waals surface area contributed by atoms with Gasteiger partial charge >= 0.3 is 0 Å². The Labute approximate surface area is 180 Å². The van der Waals surface area contributed by atoms with Crippen LogP contribution in [-0.4, -0.2) is 20.2 Å². The Morgan fingerprint density at radius 1 is 0.806 bits per heavy atom. The van der Waals surface area contributed by atoms with Crippen molar-refractivity contribution in [1.29, 1.82) is 0 Å². The fourth-order valence-electron chi connectivity index (χ4n) is 2.95. The van der Waals surface area contributed by atoms with Crippen molar-refractivity contribution in [1.82, 2.24) is 10.9 Å². The summed E-state index contributed by atoms with van der Waals surface area (Å²) in [6, 6.07) is 12.7. The Morgan fingerprint density at radius 2 is 1.42 bits per heavy atom. The third kappa shape index (κ3) is 5.13. The summed E-state index contributed by atoms with van der Waals surface area (Å²) in [5, 5.41) is 0. The molecule has 9 heteroatoms. The molecule has 8 nitrogen and oxygen atoms in total. The number of hydrazine groups is 1. The number of hydrogen-bond donors (Lipinski definition) is 3. The lowest BCUT2D eigenvalue weighted by Crippen LogP contribution is -2.42. The Morgan fingerprint density at radius 3 is 2.00 bits per heavy atom. The van der Waals surface area contributed by atoms with E-state index in [2.05, 4.69) is 15.6 Å². The molecule has 31 heavy (non-hydrogen) atoms. The summed E-state index contributed by atoms with van der Waals surface area (Å²) in [7, 11) is -3.91. The molecule has 3 aromatic rings. The van der Waals surface area contributed by atoms with Crippen LogP contribution in [0.25, 0.3) is 0 Å². The molecule has 0 aliphatic carbocycles. The number of furan rings is 1. The molecule has 0 saturated heterocycles. The third-order valence-electron chi connectivity index (χ3n) is 4.64. The van der Waals surface area contributed by atoms with Gasteiger partial charge in [0.1, 0.15) is 11.5 Å². The molecule has 2 amide bonds. The van der Waals surface area contributed by atoms with E-state index in [0.29, 0.717) is 28.3 Å². The quantitative estimate of drug-likeness (QED) is 0.525. The van der Waals surface area contributed by atoms with Crippen molar-refractivity contribution in [3.8, 4) is 0 Å². The molecule has 3 N–H and O–H groups in total. The first-order valence-electron chi connectivity index (χ1n) is 9.44.